The van der Waals surface area contributed by atoms with Gasteiger partial charge in [-0.1, -0.05) is 43.0 Å². The SMILES string of the molecule is CCN1CCN(C(=O)c2ccc(CSc3nnc(-c4ccco4)n3-c3ccccc3F)cc2)CC1. The van der Waals surface area contributed by atoms with Gasteiger partial charge in [0, 0.05) is 37.5 Å². The molecule has 0 bridgehead atoms. The Kier molecular flexibility index (Phi) is 6.96. The second-order valence-corrected chi connectivity index (χ2v) is 9.22. The summed E-state index contributed by atoms with van der Waals surface area (Å²) in [7, 11) is 0. The zero-order valence-corrected chi connectivity index (χ0v) is 20.2. The number of carbonyl (C=O) groups excluding carboxylic acids is 1. The van der Waals surface area contributed by atoms with Crippen LogP contribution in [0, 0.1) is 5.82 Å². The van der Waals surface area contributed by atoms with Crippen molar-refractivity contribution in [3.05, 3.63) is 83.9 Å². The van der Waals surface area contributed by atoms with Gasteiger partial charge in [0.1, 0.15) is 5.82 Å². The van der Waals surface area contributed by atoms with Crippen molar-refractivity contribution in [2.24, 2.45) is 0 Å². The van der Waals surface area contributed by atoms with Gasteiger partial charge < -0.3 is 14.2 Å². The fourth-order valence-electron chi connectivity index (χ4n) is 4.12. The molecule has 35 heavy (non-hydrogen) atoms. The first-order chi connectivity index (χ1) is 17.1. The first kappa shape index (κ1) is 23.3. The summed E-state index contributed by atoms with van der Waals surface area (Å²) < 4.78 is 21.9. The Hall–Kier alpha value is -3.43. The van der Waals surface area contributed by atoms with Gasteiger partial charge in [0.05, 0.1) is 12.0 Å². The lowest BCUT2D eigenvalue weighted by Gasteiger charge is -2.34. The van der Waals surface area contributed by atoms with E-state index in [1.165, 1.54) is 17.8 Å². The first-order valence-electron chi connectivity index (χ1n) is 11.6. The average Bonchev–Trinajstić information content (AvgIpc) is 3.58. The van der Waals surface area contributed by atoms with E-state index >= 15 is 0 Å². The maximum absolute atomic E-state index is 14.7. The number of likely N-dealkylation sites (N-methyl/N-ethyl adjacent to an activating group) is 1. The van der Waals surface area contributed by atoms with Crippen molar-refractivity contribution in [1.82, 2.24) is 24.6 Å². The maximum atomic E-state index is 14.7. The van der Waals surface area contributed by atoms with Crippen LogP contribution in [0.25, 0.3) is 17.3 Å². The Balaban J connectivity index is 1.31. The molecule has 3 heterocycles. The van der Waals surface area contributed by atoms with Gasteiger partial charge in [-0.3, -0.25) is 9.36 Å². The molecule has 2 aromatic carbocycles. The molecule has 0 N–H and O–H groups in total. The molecule has 1 fully saturated rings. The summed E-state index contributed by atoms with van der Waals surface area (Å²) in [6.45, 7) is 6.51. The van der Waals surface area contributed by atoms with Crippen LogP contribution >= 0.6 is 11.8 Å². The summed E-state index contributed by atoms with van der Waals surface area (Å²) in [6.07, 6.45) is 1.55. The molecule has 0 saturated carbocycles. The third kappa shape index (κ3) is 5.01. The van der Waals surface area contributed by atoms with Gasteiger partial charge in [-0.2, -0.15) is 0 Å². The summed E-state index contributed by atoms with van der Waals surface area (Å²) in [5.74, 6) is 1.24. The molecule has 0 atom stereocenters. The van der Waals surface area contributed by atoms with Crippen molar-refractivity contribution in [2.45, 2.75) is 17.8 Å². The number of thioether (sulfide) groups is 1. The smallest absolute Gasteiger partial charge is 0.253 e. The van der Waals surface area contributed by atoms with Crippen LogP contribution in [0.15, 0.2) is 76.5 Å². The number of furan rings is 1. The summed E-state index contributed by atoms with van der Waals surface area (Å²) in [6, 6.07) is 17.7. The second kappa shape index (κ2) is 10.5. The van der Waals surface area contributed by atoms with E-state index in [0.717, 1.165) is 38.3 Å². The number of aromatic nitrogens is 3. The van der Waals surface area contributed by atoms with Crippen LogP contribution in [0.3, 0.4) is 0 Å². The second-order valence-electron chi connectivity index (χ2n) is 8.28. The fraction of sp³-hybridized carbons (Fsp3) is 0.269. The number of halogens is 1. The fourth-order valence-corrected chi connectivity index (χ4v) is 5.02. The molecular formula is C26H26FN5O2S. The van der Waals surface area contributed by atoms with Crippen LogP contribution in [-0.4, -0.2) is 63.2 Å². The minimum absolute atomic E-state index is 0.0716. The van der Waals surface area contributed by atoms with E-state index < -0.39 is 0 Å². The van der Waals surface area contributed by atoms with E-state index in [9.17, 15) is 9.18 Å². The van der Waals surface area contributed by atoms with Gasteiger partial charge in [0.2, 0.25) is 5.82 Å². The molecule has 0 radical (unpaired) electrons. The Morgan fingerprint density at radius 1 is 1.00 bits per heavy atom. The Morgan fingerprint density at radius 3 is 2.46 bits per heavy atom. The molecule has 0 aliphatic carbocycles. The zero-order valence-electron chi connectivity index (χ0n) is 19.4. The number of hydrogen-bond donors (Lipinski definition) is 0. The number of piperazine rings is 1. The van der Waals surface area contributed by atoms with E-state index in [0.29, 0.717) is 33.7 Å². The van der Waals surface area contributed by atoms with Gasteiger partial charge in [-0.05, 0) is 48.5 Å². The molecule has 180 valence electrons. The van der Waals surface area contributed by atoms with Crippen molar-refractivity contribution in [2.75, 3.05) is 32.7 Å². The predicted octanol–water partition coefficient (Wildman–Crippen LogP) is 4.74. The summed E-state index contributed by atoms with van der Waals surface area (Å²) in [5, 5.41) is 9.13. The largest absolute Gasteiger partial charge is 0.461 e. The average molecular weight is 492 g/mol. The molecule has 2 aromatic heterocycles. The van der Waals surface area contributed by atoms with Crippen LogP contribution in [0.1, 0.15) is 22.8 Å². The molecule has 1 saturated heterocycles. The van der Waals surface area contributed by atoms with Gasteiger partial charge in [-0.15, -0.1) is 10.2 Å². The minimum atomic E-state index is -0.371. The monoisotopic (exact) mass is 491 g/mol. The highest BCUT2D eigenvalue weighted by Crippen LogP contribution is 2.31. The number of para-hydroxylation sites is 1. The molecule has 1 aliphatic rings. The van der Waals surface area contributed by atoms with Gasteiger partial charge in [0.15, 0.2) is 10.9 Å². The normalized spacial score (nSPS) is 14.4. The van der Waals surface area contributed by atoms with Crippen molar-refractivity contribution in [1.29, 1.82) is 0 Å². The van der Waals surface area contributed by atoms with E-state index in [-0.39, 0.29) is 11.7 Å². The number of hydrogen-bond acceptors (Lipinski definition) is 6. The summed E-state index contributed by atoms with van der Waals surface area (Å²) >= 11 is 1.45. The van der Waals surface area contributed by atoms with Crippen LogP contribution in [-0.2, 0) is 5.75 Å². The van der Waals surface area contributed by atoms with Gasteiger partial charge in [0.25, 0.3) is 5.91 Å². The van der Waals surface area contributed by atoms with Crippen LogP contribution in [0.4, 0.5) is 4.39 Å². The summed E-state index contributed by atoms with van der Waals surface area (Å²) in [4.78, 5) is 17.1. The Morgan fingerprint density at radius 2 is 1.77 bits per heavy atom. The number of amides is 1. The van der Waals surface area contributed by atoms with E-state index in [1.807, 2.05) is 29.2 Å². The standard InChI is InChI=1S/C26H26FN5O2S/c1-2-30-13-15-31(16-14-30)25(33)20-11-9-19(10-12-20)18-35-26-29-28-24(23-8-5-17-34-23)32(26)22-7-4-3-6-21(22)27/h3-12,17H,2,13-16,18H2,1H3. The predicted molar refractivity (Wildman–Crippen MR) is 133 cm³/mol. The van der Waals surface area contributed by atoms with E-state index in [4.69, 9.17) is 4.42 Å². The minimum Gasteiger partial charge on any atom is -0.461 e. The highest BCUT2D eigenvalue weighted by Gasteiger charge is 2.22. The van der Waals surface area contributed by atoms with Crippen LogP contribution in [0.2, 0.25) is 0 Å². The van der Waals surface area contributed by atoms with Crippen molar-refractivity contribution in [3.8, 4) is 17.3 Å². The Labute approximate surface area is 207 Å². The van der Waals surface area contributed by atoms with Crippen molar-refractivity contribution < 1.29 is 13.6 Å². The highest BCUT2D eigenvalue weighted by molar-refractivity contribution is 7.98. The molecule has 0 unspecified atom stereocenters. The number of carbonyl (C=O) groups is 1. The molecule has 1 amide bonds. The molecular weight excluding hydrogens is 465 g/mol. The lowest BCUT2D eigenvalue weighted by atomic mass is 10.1. The topological polar surface area (TPSA) is 67.4 Å². The molecule has 4 aromatic rings. The summed E-state index contributed by atoms with van der Waals surface area (Å²) in [5.41, 5.74) is 2.08. The first-order valence-corrected chi connectivity index (χ1v) is 12.6. The van der Waals surface area contributed by atoms with Crippen LogP contribution in [0.5, 0.6) is 0 Å². The van der Waals surface area contributed by atoms with Crippen molar-refractivity contribution in [3.63, 3.8) is 0 Å². The van der Waals surface area contributed by atoms with Gasteiger partial charge in [-0.25, -0.2) is 4.39 Å². The quantitative estimate of drug-likeness (QED) is 0.348. The number of rotatable bonds is 7. The third-order valence-corrected chi connectivity index (χ3v) is 7.14. The van der Waals surface area contributed by atoms with Crippen LogP contribution < -0.4 is 0 Å². The maximum Gasteiger partial charge on any atom is 0.253 e. The highest BCUT2D eigenvalue weighted by atomic mass is 32.2. The lowest BCUT2D eigenvalue weighted by Crippen LogP contribution is -2.48. The molecule has 0 spiro atoms. The third-order valence-electron chi connectivity index (χ3n) is 6.14. The molecule has 9 heteroatoms. The van der Waals surface area contributed by atoms with Crippen molar-refractivity contribution >= 4 is 17.7 Å². The van der Waals surface area contributed by atoms with E-state index in [1.54, 1.807) is 41.2 Å². The number of benzene rings is 2. The van der Waals surface area contributed by atoms with E-state index in [2.05, 4.69) is 22.0 Å². The lowest BCUT2D eigenvalue weighted by molar-refractivity contribution is 0.0643. The zero-order chi connectivity index (χ0) is 24.2. The molecule has 7 nitrogen and oxygen atoms in total. The Bertz CT molecular complexity index is 1280. The van der Waals surface area contributed by atoms with Gasteiger partial charge >= 0.3 is 0 Å². The molecule has 1 aliphatic heterocycles. The molecule has 5 rings (SSSR count). The number of nitrogens with zero attached hydrogens (tertiary/aromatic N) is 5.